The highest BCUT2D eigenvalue weighted by atomic mass is 32.2. The highest BCUT2D eigenvalue weighted by molar-refractivity contribution is 8.00. The van der Waals surface area contributed by atoms with Crippen molar-refractivity contribution in [2.45, 2.75) is 50.4 Å². The van der Waals surface area contributed by atoms with Crippen molar-refractivity contribution in [3.63, 3.8) is 0 Å². The van der Waals surface area contributed by atoms with Crippen molar-refractivity contribution in [3.8, 4) is 0 Å². The molecule has 1 saturated heterocycles. The number of hydrogen-bond acceptors (Lipinski definition) is 4. The van der Waals surface area contributed by atoms with Crippen LogP contribution in [0.1, 0.15) is 37.3 Å². The summed E-state index contributed by atoms with van der Waals surface area (Å²) in [4.78, 5) is 0. The number of nitrogens with one attached hydrogen (secondary N) is 1. The maximum atomic E-state index is 4.31. The summed E-state index contributed by atoms with van der Waals surface area (Å²) < 4.78 is 2.30. The van der Waals surface area contributed by atoms with Crippen LogP contribution >= 0.6 is 11.8 Å². The molecule has 3 rings (SSSR count). The lowest BCUT2D eigenvalue weighted by molar-refractivity contribution is 0.496. The van der Waals surface area contributed by atoms with E-state index in [0.29, 0.717) is 0 Å². The van der Waals surface area contributed by atoms with Crippen LogP contribution in [0.4, 0.5) is 0 Å². The molecule has 1 N–H and O–H groups in total. The lowest BCUT2D eigenvalue weighted by Gasteiger charge is -2.15. The first-order valence-electron chi connectivity index (χ1n) is 6.67. The van der Waals surface area contributed by atoms with E-state index < -0.39 is 0 Å². The van der Waals surface area contributed by atoms with E-state index >= 15 is 0 Å². The molecule has 0 amide bonds. The lowest BCUT2D eigenvalue weighted by atomic mass is 10.2. The van der Waals surface area contributed by atoms with Gasteiger partial charge in [-0.3, -0.25) is 0 Å². The fourth-order valence-corrected chi connectivity index (χ4v) is 3.89. The molecule has 1 unspecified atom stereocenters. The Labute approximate surface area is 107 Å². The molecule has 0 bridgehead atoms. The summed E-state index contributed by atoms with van der Waals surface area (Å²) in [7, 11) is 0. The molecule has 3 heterocycles. The van der Waals surface area contributed by atoms with Crippen LogP contribution in [0.25, 0.3) is 0 Å². The van der Waals surface area contributed by atoms with Gasteiger partial charge < -0.3 is 9.88 Å². The number of aromatic nitrogens is 3. The minimum Gasteiger partial charge on any atom is -0.314 e. The standard InChI is InChI=1S/C12H20N4S/c1-2-6-16-11(5-1)14-15-12(16)9-13-8-10-4-3-7-17-10/h10,13H,1-9H2. The first-order valence-corrected chi connectivity index (χ1v) is 7.71. The molecule has 0 radical (unpaired) electrons. The van der Waals surface area contributed by atoms with Crippen LogP contribution in [0.3, 0.4) is 0 Å². The predicted octanol–water partition coefficient (Wildman–Crippen LogP) is 1.60. The average molecular weight is 252 g/mol. The molecule has 1 aromatic heterocycles. The normalized spacial score (nSPS) is 23.9. The van der Waals surface area contributed by atoms with Crippen molar-refractivity contribution >= 4 is 11.8 Å². The molecular formula is C12H20N4S. The number of hydrogen-bond donors (Lipinski definition) is 1. The molecule has 17 heavy (non-hydrogen) atoms. The van der Waals surface area contributed by atoms with Crippen LogP contribution in [0.2, 0.25) is 0 Å². The van der Waals surface area contributed by atoms with Gasteiger partial charge in [-0.2, -0.15) is 11.8 Å². The highest BCUT2D eigenvalue weighted by Gasteiger charge is 2.17. The van der Waals surface area contributed by atoms with Crippen molar-refractivity contribution in [1.82, 2.24) is 20.1 Å². The minimum atomic E-state index is 0.818. The zero-order valence-electron chi connectivity index (χ0n) is 10.2. The second kappa shape index (κ2) is 5.40. The fraction of sp³-hybridized carbons (Fsp3) is 0.833. The second-order valence-electron chi connectivity index (χ2n) is 4.91. The zero-order chi connectivity index (χ0) is 11.5. The highest BCUT2D eigenvalue weighted by Crippen LogP contribution is 2.25. The Morgan fingerprint density at radius 3 is 3.18 bits per heavy atom. The van der Waals surface area contributed by atoms with Crippen LogP contribution in [-0.4, -0.2) is 32.3 Å². The van der Waals surface area contributed by atoms with Gasteiger partial charge in [0.1, 0.15) is 11.6 Å². The molecule has 0 aromatic carbocycles. The fourth-order valence-electron chi connectivity index (χ4n) is 2.65. The van der Waals surface area contributed by atoms with Gasteiger partial charge in [0, 0.05) is 24.8 Å². The summed E-state index contributed by atoms with van der Waals surface area (Å²) in [6.45, 7) is 3.11. The average Bonchev–Trinajstić information content (AvgIpc) is 2.99. The number of fused-ring (bicyclic) bond motifs is 1. The molecule has 1 atom stereocenters. The van der Waals surface area contributed by atoms with Crippen LogP contribution < -0.4 is 5.32 Å². The van der Waals surface area contributed by atoms with Gasteiger partial charge >= 0.3 is 0 Å². The quantitative estimate of drug-likeness (QED) is 0.884. The van der Waals surface area contributed by atoms with Gasteiger partial charge in [-0.25, -0.2) is 0 Å². The molecule has 2 aliphatic heterocycles. The summed E-state index contributed by atoms with van der Waals surface area (Å²) >= 11 is 2.10. The van der Waals surface area contributed by atoms with E-state index in [0.717, 1.165) is 37.1 Å². The van der Waals surface area contributed by atoms with Crippen LogP contribution in [0, 0.1) is 0 Å². The lowest BCUT2D eigenvalue weighted by Crippen LogP contribution is -2.25. The van der Waals surface area contributed by atoms with E-state index in [1.165, 1.54) is 37.3 Å². The van der Waals surface area contributed by atoms with E-state index in [2.05, 4.69) is 31.8 Å². The van der Waals surface area contributed by atoms with Gasteiger partial charge in [0.05, 0.1) is 6.54 Å². The molecule has 1 fully saturated rings. The van der Waals surface area contributed by atoms with E-state index in [1.54, 1.807) is 0 Å². The maximum absolute atomic E-state index is 4.31. The molecule has 4 nitrogen and oxygen atoms in total. The van der Waals surface area contributed by atoms with E-state index in [4.69, 9.17) is 0 Å². The number of thioether (sulfide) groups is 1. The molecule has 5 heteroatoms. The van der Waals surface area contributed by atoms with Gasteiger partial charge in [0.2, 0.25) is 0 Å². The Balaban J connectivity index is 1.52. The Kier molecular flexibility index (Phi) is 3.66. The van der Waals surface area contributed by atoms with Gasteiger partial charge in [-0.1, -0.05) is 0 Å². The van der Waals surface area contributed by atoms with Crippen molar-refractivity contribution in [2.24, 2.45) is 0 Å². The Bertz CT molecular complexity index is 371. The van der Waals surface area contributed by atoms with Crippen molar-refractivity contribution in [1.29, 1.82) is 0 Å². The Morgan fingerprint density at radius 1 is 1.29 bits per heavy atom. The molecule has 1 aromatic rings. The van der Waals surface area contributed by atoms with E-state index in [-0.39, 0.29) is 0 Å². The summed E-state index contributed by atoms with van der Waals surface area (Å²) in [5.74, 6) is 3.65. The predicted molar refractivity (Wildman–Crippen MR) is 70.1 cm³/mol. The van der Waals surface area contributed by atoms with Crippen molar-refractivity contribution in [3.05, 3.63) is 11.6 Å². The SMILES string of the molecule is C1CCn2c(nnc2CNCC2CCCS2)C1. The molecule has 0 saturated carbocycles. The third kappa shape index (κ3) is 2.65. The van der Waals surface area contributed by atoms with Crippen molar-refractivity contribution in [2.75, 3.05) is 12.3 Å². The van der Waals surface area contributed by atoms with Gasteiger partial charge in [0.25, 0.3) is 0 Å². The minimum absolute atomic E-state index is 0.818. The Hall–Kier alpha value is -0.550. The maximum Gasteiger partial charge on any atom is 0.147 e. The third-order valence-electron chi connectivity index (χ3n) is 3.62. The molecule has 94 valence electrons. The number of nitrogens with zero attached hydrogens (tertiary/aromatic N) is 3. The van der Waals surface area contributed by atoms with Crippen LogP contribution in [0.5, 0.6) is 0 Å². The second-order valence-corrected chi connectivity index (χ2v) is 6.32. The first-order chi connectivity index (χ1) is 8.43. The van der Waals surface area contributed by atoms with Crippen LogP contribution in [-0.2, 0) is 19.5 Å². The first kappa shape index (κ1) is 11.5. The van der Waals surface area contributed by atoms with Gasteiger partial charge in [-0.15, -0.1) is 10.2 Å². The van der Waals surface area contributed by atoms with Crippen molar-refractivity contribution < 1.29 is 0 Å². The molecule has 0 aliphatic carbocycles. The number of rotatable bonds is 4. The topological polar surface area (TPSA) is 42.7 Å². The van der Waals surface area contributed by atoms with Gasteiger partial charge in [0.15, 0.2) is 0 Å². The molecule has 0 spiro atoms. The van der Waals surface area contributed by atoms with E-state index in [9.17, 15) is 0 Å². The monoisotopic (exact) mass is 252 g/mol. The Morgan fingerprint density at radius 2 is 2.29 bits per heavy atom. The largest absolute Gasteiger partial charge is 0.314 e. The van der Waals surface area contributed by atoms with Gasteiger partial charge in [-0.05, 0) is 31.4 Å². The number of aryl methyl sites for hydroxylation is 1. The van der Waals surface area contributed by atoms with E-state index in [1.807, 2.05) is 0 Å². The summed E-state index contributed by atoms with van der Waals surface area (Å²) in [6.07, 6.45) is 6.40. The van der Waals surface area contributed by atoms with Crippen LogP contribution in [0.15, 0.2) is 0 Å². The third-order valence-corrected chi connectivity index (χ3v) is 5.01. The molecular weight excluding hydrogens is 232 g/mol. The summed E-state index contributed by atoms with van der Waals surface area (Å²) in [5.41, 5.74) is 0. The molecule has 2 aliphatic rings. The summed E-state index contributed by atoms with van der Waals surface area (Å²) in [6, 6.07) is 0. The smallest absolute Gasteiger partial charge is 0.147 e. The zero-order valence-corrected chi connectivity index (χ0v) is 11.0. The summed E-state index contributed by atoms with van der Waals surface area (Å²) in [5, 5.41) is 12.9.